The Morgan fingerprint density at radius 1 is 1.58 bits per heavy atom. The Bertz CT molecular complexity index is 231. The van der Waals surface area contributed by atoms with Crippen molar-refractivity contribution in [1.29, 1.82) is 0 Å². The molecule has 0 saturated carbocycles. The van der Waals surface area contributed by atoms with Gasteiger partial charge in [0.2, 0.25) is 0 Å². The van der Waals surface area contributed by atoms with Gasteiger partial charge in [0.1, 0.15) is 0 Å². The molecule has 68 valence electrons. The van der Waals surface area contributed by atoms with Crippen molar-refractivity contribution in [3.05, 3.63) is 33.8 Å². The summed E-state index contributed by atoms with van der Waals surface area (Å²) < 4.78 is 12.8. The summed E-state index contributed by atoms with van der Waals surface area (Å²) in [5.74, 6) is -0.815. The molecule has 0 aromatic rings. The van der Waals surface area contributed by atoms with E-state index in [1.807, 2.05) is 0 Å². The summed E-state index contributed by atoms with van der Waals surface area (Å²) in [5.41, 5.74) is -0.451. The molecule has 0 N–H and O–H groups in total. The fourth-order valence-corrected chi connectivity index (χ4v) is 0.691. The van der Waals surface area contributed by atoms with Gasteiger partial charge in [-0.2, -0.15) is 4.39 Å². The minimum Gasteiger partial charge on any atom is -0.258 e. The van der Waals surface area contributed by atoms with Gasteiger partial charge < -0.3 is 0 Å². The van der Waals surface area contributed by atoms with Crippen molar-refractivity contribution < 1.29 is 9.31 Å². The number of rotatable bonds is 3. The van der Waals surface area contributed by atoms with E-state index >= 15 is 0 Å². The summed E-state index contributed by atoms with van der Waals surface area (Å²) in [7, 11) is 0. The van der Waals surface area contributed by atoms with Crippen LogP contribution in [0, 0.1) is 16.0 Å². The van der Waals surface area contributed by atoms with Crippen LogP contribution >= 0.6 is 0 Å². The third kappa shape index (κ3) is 3.27. The van der Waals surface area contributed by atoms with Gasteiger partial charge in [0.25, 0.3) is 0 Å². The molecule has 0 amide bonds. The molecule has 0 heterocycles. The number of allylic oxidation sites excluding steroid dienone is 3. The molecule has 0 fully saturated rings. The molecule has 0 aromatic heterocycles. The van der Waals surface area contributed by atoms with E-state index in [4.69, 9.17) is 0 Å². The van der Waals surface area contributed by atoms with Crippen molar-refractivity contribution in [1.82, 2.24) is 0 Å². The third-order valence-electron chi connectivity index (χ3n) is 1.19. The molecule has 0 bridgehead atoms. The Balaban J connectivity index is 4.80. The molecule has 0 aromatic carbocycles. The number of nitro groups is 1. The third-order valence-corrected chi connectivity index (χ3v) is 1.19. The lowest BCUT2D eigenvalue weighted by molar-refractivity contribution is -0.423. The Labute approximate surface area is 70.7 Å². The number of hydrogen-bond donors (Lipinski definition) is 0. The van der Waals surface area contributed by atoms with Gasteiger partial charge in [0.15, 0.2) is 5.83 Å². The fraction of sp³-hybridized carbons (Fsp3) is 0.500. The zero-order valence-corrected chi connectivity index (χ0v) is 7.37. The second-order valence-corrected chi connectivity index (χ2v) is 2.69. The van der Waals surface area contributed by atoms with Crippen molar-refractivity contribution in [2.45, 2.75) is 20.8 Å². The van der Waals surface area contributed by atoms with Crippen LogP contribution in [0.3, 0.4) is 0 Å². The zero-order valence-electron chi connectivity index (χ0n) is 7.37. The Morgan fingerprint density at radius 2 is 2.08 bits per heavy atom. The van der Waals surface area contributed by atoms with E-state index < -0.39 is 16.4 Å². The van der Waals surface area contributed by atoms with E-state index in [9.17, 15) is 14.5 Å². The lowest BCUT2D eigenvalue weighted by Gasteiger charge is -1.96. The molecule has 0 saturated heterocycles. The van der Waals surface area contributed by atoms with Gasteiger partial charge in [-0.1, -0.05) is 13.8 Å². The Hall–Kier alpha value is -1.19. The molecule has 0 atom stereocenters. The molecule has 0 spiro atoms. The first-order valence-electron chi connectivity index (χ1n) is 3.67. The van der Waals surface area contributed by atoms with Crippen LogP contribution in [0.4, 0.5) is 4.39 Å². The highest BCUT2D eigenvalue weighted by Gasteiger charge is 2.16. The predicted molar refractivity (Wildman–Crippen MR) is 44.8 cm³/mol. The average Bonchev–Trinajstić information content (AvgIpc) is 1.98. The van der Waals surface area contributed by atoms with E-state index in [0.717, 1.165) is 6.08 Å². The summed E-state index contributed by atoms with van der Waals surface area (Å²) >= 11 is 0. The quantitative estimate of drug-likeness (QED) is 0.374. The van der Waals surface area contributed by atoms with E-state index in [2.05, 4.69) is 0 Å². The molecular weight excluding hydrogens is 161 g/mol. The summed E-state index contributed by atoms with van der Waals surface area (Å²) in [6.07, 6.45) is 2.37. The van der Waals surface area contributed by atoms with Gasteiger partial charge in [-0.05, 0) is 25.0 Å². The van der Waals surface area contributed by atoms with Crippen LogP contribution in [0.5, 0.6) is 0 Å². The maximum absolute atomic E-state index is 12.8. The number of hydrogen-bond acceptors (Lipinski definition) is 2. The van der Waals surface area contributed by atoms with Gasteiger partial charge in [-0.3, -0.25) is 10.1 Å². The normalized spacial score (nSPS) is 13.8. The number of halogens is 1. The summed E-state index contributed by atoms with van der Waals surface area (Å²) in [6.45, 7) is 4.94. The second kappa shape index (κ2) is 4.64. The molecule has 0 aliphatic carbocycles. The highest BCUT2D eigenvalue weighted by molar-refractivity contribution is 5.17. The summed E-state index contributed by atoms with van der Waals surface area (Å²) in [6, 6.07) is 0. The minimum absolute atomic E-state index is 0.0314. The fourth-order valence-electron chi connectivity index (χ4n) is 0.691. The van der Waals surface area contributed by atoms with Crippen LogP contribution in [0.2, 0.25) is 0 Å². The minimum atomic E-state index is -0.784. The monoisotopic (exact) mass is 173 g/mol. The Morgan fingerprint density at radius 3 is 2.33 bits per heavy atom. The van der Waals surface area contributed by atoms with E-state index in [1.54, 1.807) is 13.8 Å². The van der Waals surface area contributed by atoms with Crippen molar-refractivity contribution in [2.75, 3.05) is 0 Å². The van der Waals surface area contributed by atoms with Gasteiger partial charge >= 0.3 is 5.70 Å². The topological polar surface area (TPSA) is 43.1 Å². The number of nitrogens with zero attached hydrogens (tertiary/aromatic N) is 1. The van der Waals surface area contributed by atoms with Gasteiger partial charge in [-0.15, -0.1) is 0 Å². The van der Waals surface area contributed by atoms with Gasteiger partial charge in [0, 0.05) is 0 Å². The molecule has 0 rings (SSSR count). The summed E-state index contributed by atoms with van der Waals surface area (Å²) in [5, 5.41) is 10.3. The standard InChI is InChI=1S/C8H12FNO2/c1-4-7(9)8(10(11)12)5-6(2)3/h4-6H,1-3H3/b7-4+,8-5+. The van der Waals surface area contributed by atoms with Crippen LogP contribution < -0.4 is 0 Å². The lowest BCUT2D eigenvalue weighted by atomic mass is 10.2. The van der Waals surface area contributed by atoms with Crippen LogP contribution in [0.25, 0.3) is 0 Å². The predicted octanol–water partition coefficient (Wildman–Crippen LogP) is 2.68. The zero-order chi connectivity index (χ0) is 9.72. The smallest absolute Gasteiger partial charge is 0.258 e. The van der Waals surface area contributed by atoms with E-state index in [0.29, 0.717) is 0 Å². The molecular formula is C8H12FNO2. The van der Waals surface area contributed by atoms with Crippen molar-refractivity contribution in [3.8, 4) is 0 Å². The first-order chi connectivity index (χ1) is 5.49. The van der Waals surface area contributed by atoms with Crippen molar-refractivity contribution >= 4 is 0 Å². The molecule has 12 heavy (non-hydrogen) atoms. The van der Waals surface area contributed by atoms with Crippen LogP contribution in [-0.4, -0.2) is 4.92 Å². The van der Waals surface area contributed by atoms with Crippen molar-refractivity contribution in [3.63, 3.8) is 0 Å². The van der Waals surface area contributed by atoms with Gasteiger partial charge in [0.05, 0.1) is 4.92 Å². The molecule has 4 heteroatoms. The van der Waals surface area contributed by atoms with Crippen LogP contribution in [0.1, 0.15) is 20.8 Å². The molecule has 0 aliphatic rings. The van der Waals surface area contributed by atoms with Crippen molar-refractivity contribution in [2.24, 2.45) is 5.92 Å². The van der Waals surface area contributed by atoms with E-state index in [1.165, 1.54) is 13.0 Å². The molecule has 0 radical (unpaired) electrons. The van der Waals surface area contributed by atoms with E-state index in [-0.39, 0.29) is 5.92 Å². The largest absolute Gasteiger partial charge is 0.300 e. The maximum Gasteiger partial charge on any atom is 0.300 e. The summed E-state index contributed by atoms with van der Waals surface area (Å²) in [4.78, 5) is 9.58. The molecule has 0 aliphatic heterocycles. The molecule has 0 unspecified atom stereocenters. The average molecular weight is 173 g/mol. The SMILES string of the molecule is C/C=C(F)\C(=C/C(C)C)[N+](=O)[O-]. The van der Waals surface area contributed by atoms with Gasteiger partial charge in [-0.25, -0.2) is 0 Å². The molecule has 3 nitrogen and oxygen atoms in total. The highest BCUT2D eigenvalue weighted by Crippen LogP contribution is 2.14. The maximum atomic E-state index is 12.8. The second-order valence-electron chi connectivity index (χ2n) is 2.69. The van der Waals surface area contributed by atoms with Crippen LogP contribution in [0.15, 0.2) is 23.7 Å². The highest BCUT2D eigenvalue weighted by atomic mass is 19.1. The lowest BCUT2D eigenvalue weighted by Crippen LogP contribution is -2.01. The Kier molecular flexibility index (Phi) is 4.18. The van der Waals surface area contributed by atoms with Crippen LogP contribution in [-0.2, 0) is 0 Å². The first-order valence-corrected chi connectivity index (χ1v) is 3.67. The first kappa shape index (κ1) is 10.8.